The van der Waals surface area contributed by atoms with Gasteiger partial charge in [0, 0.05) is 5.56 Å². The minimum absolute atomic E-state index is 0.389. The van der Waals surface area contributed by atoms with E-state index >= 15 is 0 Å². The van der Waals surface area contributed by atoms with Crippen molar-refractivity contribution < 1.29 is 0 Å². The van der Waals surface area contributed by atoms with Crippen molar-refractivity contribution in [1.29, 1.82) is 0 Å². The Hall–Kier alpha value is -1.29. The summed E-state index contributed by atoms with van der Waals surface area (Å²) < 4.78 is 1.64. The predicted molar refractivity (Wildman–Crippen MR) is 73.5 cm³/mol. The lowest BCUT2D eigenvalue weighted by Crippen LogP contribution is -1.94. The molecule has 0 unspecified atom stereocenters. The molecule has 0 aliphatic rings. The topological polar surface area (TPSA) is 30.2 Å². The maximum absolute atomic E-state index is 6.19. The first-order valence-electron chi connectivity index (χ1n) is 5.11. The van der Waals surface area contributed by atoms with Crippen molar-refractivity contribution in [3.63, 3.8) is 0 Å². The van der Waals surface area contributed by atoms with Gasteiger partial charge in [0.05, 0.1) is 21.9 Å². The van der Waals surface area contributed by atoms with Gasteiger partial charge in [0.2, 0.25) is 0 Å². The predicted octanol–water partition coefficient (Wildman–Crippen LogP) is 4.36. The first-order valence-corrected chi connectivity index (χ1v) is 6.25. The summed E-state index contributed by atoms with van der Waals surface area (Å²) in [5, 5.41) is 5.56. The van der Waals surface area contributed by atoms with E-state index in [1.165, 1.54) is 0 Å². The molecule has 0 aliphatic carbocycles. The van der Waals surface area contributed by atoms with Crippen LogP contribution in [0.15, 0.2) is 36.5 Å². The van der Waals surface area contributed by atoms with E-state index in [1.807, 2.05) is 12.1 Å². The molecule has 0 saturated carbocycles. The number of aromatic nitrogens is 3. The van der Waals surface area contributed by atoms with Crippen molar-refractivity contribution in [2.24, 2.45) is 0 Å². The first kappa shape index (κ1) is 11.8. The Labute approximate surface area is 118 Å². The molecule has 2 heterocycles. The van der Waals surface area contributed by atoms with Gasteiger partial charge in [-0.05, 0) is 18.2 Å². The highest BCUT2D eigenvalue weighted by Gasteiger charge is 2.12. The minimum atomic E-state index is 0.389. The molecule has 18 heavy (non-hydrogen) atoms. The second-order valence-electron chi connectivity index (χ2n) is 3.67. The third-order valence-corrected chi connectivity index (χ3v) is 3.58. The molecule has 0 N–H and O–H groups in total. The van der Waals surface area contributed by atoms with Crippen LogP contribution in [-0.2, 0) is 0 Å². The fourth-order valence-corrected chi connectivity index (χ4v) is 2.27. The SMILES string of the molecule is Clc1ccc2ncc(-c3cccc(Cl)c3Cl)n2n1. The lowest BCUT2D eigenvalue weighted by Gasteiger charge is -2.05. The number of hydrogen-bond acceptors (Lipinski definition) is 2. The van der Waals surface area contributed by atoms with Crippen molar-refractivity contribution in [3.05, 3.63) is 51.7 Å². The molecule has 2 aromatic heterocycles. The van der Waals surface area contributed by atoms with Gasteiger partial charge in [-0.1, -0.05) is 46.9 Å². The van der Waals surface area contributed by atoms with Gasteiger partial charge < -0.3 is 0 Å². The van der Waals surface area contributed by atoms with E-state index in [2.05, 4.69) is 10.1 Å². The van der Waals surface area contributed by atoms with Crippen molar-refractivity contribution >= 4 is 40.4 Å². The number of rotatable bonds is 1. The number of halogens is 3. The van der Waals surface area contributed by atoms with Gasteiger partial charge >= 0.3 is 0 Å². The summed E-state index contributed by atoms with van der Waals surface area (Å²) in [4.78, 5) is 4.25. The molecule has 0 spiro atoms. The van der Waals surface area contributed by atoms with E-state index in [9.17, 15) is 0 Å². The second kappa shape index (κ2) is 4.43. The molecule has 3 aromatic rings. The molecule has 0 fully saturated rings. The van der Waals surface area contributed by atoms with E-state index in [4.69, 9.17) is 34.8 Å². The number of benzene rings is 1. The van der Waals surface area contributed by atoms with Crippen molar-refractivity contribution in [2.75, 3.05) is 0 Å². The number of fused-ring (bicyclic) bond motifs is 1. The van der Waals surface area contributed by atoms with E-state index in [-0.39, 0.29) is 0 Å². The van der Waals surface area contributed by atoms with Gasteiger partial charge in [-0.15, -0.1) is 0 Å². The van der Waals surface area contributed by atoms with Crippen LogP contribution in [0.3, 0.4) is 0 Å². The smallest absolute Gasteiger partial charge is 0.154 e. The Morgan fingerprint density at radius 3 is 2.67 bits per heavy atom. The van der Waals surface area contributed by atoms with Gasteiger partial charge in [0.15, 0.2) is 5.65 Å². The Morgan fingerprint density at radius 2 is 1.83 bits per heavy atom. The van der Waals surface area contributed by atoms with Gasteiger partial charge in [-0.25, -0.2) is 9.50 Å². The van der Waals surface area contributed by atoms with Crippen LogP contribution in [0.5, 0.6) is 0 Å². The molecule has 0 aliphatic heterocycles. The molecule has 0 radical (unpaired) electrons. The van der Waals surface area contributed by atoms with E-state index in [1.54, 1.807) is 28.9 Å². The third kappa shape index (κ3) is 1.85. The van der Waals surface area contributed by atoms with Crippen LogP contribution in [0, 0.1) is 0 Å². The molecule has 0 saturated heterocycles. The summed E-state index contributed by atoms with van der Waals surface area (Å²) in [5.74, 6) is 0. The fraction of sp³-hybridized carbons (Fsp3) is 0. The van der Waals surface area contributed by atoms with E-state index in [0.29, 0.717) is 20.8 Å². The van der Waals surface area contributed by atoms with Gasteiger partial charge in [-0.2, -0.15) is 5.10 Å². The Morgan fingerprint density at radius 1 is 1.00 bits per heavy atom. The standard InChI is InChI=1S/C12H6Cl3N3/c13-8-3-1-2-7(12(8)15)9-6-16-11-5-4-10(14)17-18(9)11/h1-6H. The van der Waals surface area contributed by atoms with Crippen LogP contribution in [0.4, 0.5) is 0 Å². The minimum Gasteiger partial charge on any atom is -0.235 e. The molecule has 0 bridgehead atoms. The summed E-state index contributed by atoms with van der Waals surface area (Å²) in [6.45, 7) is 0. The highest BCUT2D eigenvalue weighted by atomic mass is 35.5. The molecule has 1 aromatic carbocycles. The Kier molecular flexibility index (Phi) is 2.90. The molecule has 90 valence electrons. The lowest BCUT2D eigenvalue weighted by molar-refractivity contribution is 0.943. The van der Waals surface area contributed by atoms with Crippen LogP contribution >= 0.6 is 34.8 Å². The van der Waals surface area contributed by atoms with E-state index in [0.717, 1.165) is 11.3 Å². The summed E-state index contributed by atoms with van der Waals surface area (Å²) in [6.07, 6.45) is 1.69. The van der Waals surface area contributed by atoms with E-state index < -0.39 is 0 Å². The first-order chi connectivity index (χ1) is 8.66. The summed E-state index contributed by atoms with van der Waals surface area (Å²) in [5.41, 5.74) is 2.22. The van der Waals surface area contributed by atoms with Crippen molar-refractivity contribution in [1.82, 2.24) is 14.6 Å². The van der Waals surface area contributed by atoms with Crippen molar-refractivity contribution in [2.45, 2.75) is 0 Å². The molecule has 0 atom stereocenters. The van der Waals surface area contributed by atoms with Crippen LogP contribution in [0.2, 0.25) is 15.2 Å². The number of imidazole rings is 1. The average molecular weight is 299 g/mol. The van der Waals surface area contributed by atoms with Crippen LogP contribution in [-0.4, -0.2) is 14.6 Å². The molecule has 3 rings (SSSR count). The zero-order valence-electron chi connectivity index (χ0n) is 8.94. The molecule has 3 nitrogen and oxygen atoms in total. The van der Waals surface area contributed by atoms with Crippen LogP contribution < -0.4 is 0 Å². The normalized spacial score (nSPS) is 11.1. The summed E-state index contributed by atoms with van der Waals surface area (Å²) in [6, 6.07) is 8.90. The lowest BCUT2D eigenvalue weighted by atomic mass is 10.2. The number of nitrogens with zero attached hydrogens (tertiary/aromatic N) is 3. The van der Waals surface area contributed by atoms with Gasteiger partial charge in [0.25, 0.3) is 0 Å². The van der Waals surface area contributed by atoms with Gasteiger partial charge in [0.1, 0.15) is 5.15 Å². The Balaban J connectivity index is 2.32. The Bertz CT molecular complexity index is 737. The quantitative estimate of drug-likeness (QED) is 0.668. The van der Waals surface area contributed by atoms with Crippen LogP contribution in [0.25, 0.3) is 16.9 Å². The fourth-order valence-electron chi connectivity index (χ4n) is 1.74. The highest BCUT2D eigenvalue weighted by molar-refractivity contribution is 6.43. The zero-order valence-corrected chi connectivity index (χ0v) is 11.2. The maximum atomic E-state index is 6.19. The largest absolute Gasteiger partial charge is 0.235 e. The summed E-state index contributed by atoms with van der Waals surface area (Å²) in [7, 11) is 0. The van der Waals surface area contributed by atoms with Crippen LogP contribution in [0.1, 0.15) is 0 Å². The molecule has 0 amide bonds. The van der Waals surface area contributed by atoms with Crippen molar-refractivity contribution in [3.8, 4) is 11.3 Å². The summed E-state index contributed by atoms with van der Waals surface area (Å²) >= 11 is 18.1. The zero-order chi connectivity index (χ0) is 12.7. The monoisotopic (exact) mass is 297 g/mol. The number of hydrogen-bond donors (Lipinski definition) is 0. The van der Waals surface area contributed by atoms with Gasteiger partial charge in [-0.3, -0.25) is 0 Å². The molecular formula is C12H6Cl3N3. The molecule has 6 heteroatoms. The third-order valence-electron chi connectivity index (χ3n) is 2.56. The average Bonchev–Trinajstić information content (AvgIpc) is 2.75. The second-order valence-corrected chi connectivity index (χ2v) is 4.84. The molecular weight excluding hydrogens is 293 g/mol. The maximum Gasteiger partial charge on any atom is 0.154 e. The highest BCUT2D eigenvalue weighted by Crippen LogP contribution is 2.33.